The minimum absolute atomic E-state index is 0.145. The van der Waals surface area contributed by atoms with Crippen molar-refractivity contribution in [2.45, 2.75) is 31.8 Å². The molecular weight excluding hydrogens is 304 g/mol. The van der Waals surface area contributed by atoms with Crippen LogP contribution in [-0.4, -0.2) is 44.3 Å². The van der Waals surface area contributed by atoms with Gasteiger partial charge in [0, 0.05) is 25.9 Å². The molecule has 1 saturated heterocycles. The van der Waals surface area contributed by atoms with Gasteiger partial charge < -0.3 is 19.7 Å². The van der Waals surface area contributed by atoms with Crippen LogP contribution in [0.2, 0.25) is 5.02 Å². The molecule has 1 atom stereocenters. The van der Waals surface area contributed by atoms with E-state index in [1.54, 1.807) is 37.3 Å². The molecule has 22 heavy (non-hydrogen) atoms. The topological polar surface area (TPSA) is 50.8 Å². The summed E-state index contributed by atoms with van der Waals surface area (Å²) < 4.78 is 10.7. The van der Waals surface area contributed by atoms with Gasteiger partial charge in [0.15, 0.2) is 0 Å². The van der Waals surface area contributed by atoms with Crippen molar-refractivity contribution in [2.24, 2.45) is 0 Å². The predicted molar refractivity (Wildman–Crippen MR) is 87.9 cm³/mol. The number of amides is 2. The molecule has 0 saturated carbocycles. The highest BCUT2D eigenvalue weighted by Gasteiger charge is 2.16. The van der Waals surface area contributed by atoms with Crippen molar-refractivity contribution in [3.05, 3.63) is 23.2 Å². The maximum absolute atomic E-state index is 12.1. The number of nitrogens with zero attached hydrogens (tertiary/aromatic N) is 1. The van der Waals surface area contributed by atoms with E-state index in [4.69, 9.17) is 21.1 Å². The number of carbonyl (C=O) groups excluding carboxylic acids is 1. The van der Waals surface area contributed by atoms with Crippen LogP contribution in [0.5, 0.6) is 5.75 Å². The maximum Gasteiger partial charge on any atom is 0.321 e. The van der Waals surface area contributed by atoms with Gasteiger partial charge in [-0.05, 0) is 43.9 Å². The van der Waals surface area contributed by atoms with Gasteiger partial charge in [0.1, 0.15) is 5.75 Å². The molecule has 0 radical (unpaired) electrons. The molecule has 1 unspecified atom stereocenters. The van der Waals surface area contributed by atoms with Gasteiger partial charge in [-0.15, -0.1) is 0 Å². The molecule has 1 aliphatic heterocycles. The summed E-state index contributed by atoms with van der Waals surface area (Å²) in [4.78, 5) is 13.8. The molecule has 1 aromatic carbocycles. The Kier molecular flexibility index (Phi) is 6.34. The van der Waals surface area contributed by atoms with Gasteiger partial charge in [-0.1, -0.05) is 11.6 Å². The SMILES string of the molecule is COc1ccc(NC(=O)N(C)CCCC2CCCO2)cc1Cl. The standard InChI is InChI=1S/C16H23ClN2O3/c1-19(9-3-5-13-6-4-10-22-13)16(20)18-12-7-8-15(21-2)14(17)11-12/h7-8,11,13H,3-6,9-10H2,1-2H3,(H,18,20). The molecule has 2 rings (SSSR count). The summed E-state index contributed by atoms with van der Waals surface area (Å²) in [5.41, 5.74) is 0.654. The van der Waals surface area contributed by atoms with Crippen LogP contribution in [0, 0.1) is 0 Å². The smallest absolute Gasteiger partial charge is 0.321 e. The van der Waals surface area contributed by atoms with E-state index in [-0.39, 0.29) is 6.03 Å². The lowest BCUT2D eigenvalue weighted by Gasteiger charge is -2.19. The largest absolute Gasteiger partial charge is 0.495 e. The lowest BCUT2D eigenvalue weighted by Crippen LogP contribution is -2.32. The zero-order chi connectivity index (χ0) is 15.9. The lowest BCUT2D eigenvalue weighted by molar-refractivity contribution is 0.101. The monoisotopic (exact) mass is 326 g/mol. The molecule has 1 N–H and O–H groups in total. The Balaban J connectivity index is 1.76. The van der Waals surface area contributed by atoms with Crippen molar-refractivity contribution >= 4 is 23.3 Å². The molecule has 1 aliphatic rings. The third-order valence-corrected chi connectivity index (χ3v) is 4.09. The number of anilines is 1. The molecule has 0 spiro atoms. The van der Waals surface area contributed by atoms with E-state index < -0.39 is 0 Å². The summed E-state index contributed by atoms with van der Waals surface area (Å²) in [7, 11) is 3.34. The summed E-state index contributed by atoms with van der Waals surface area (Å²) in [6, 6.07) is 5.03. The Morgan fingerprint density at radius 1 is 1.55 bits per heavy atom. The van der Waals surface area contributed by atoms with Crippen LogP contribution in [0.15, 0.2) is 18.2 Å². The van der Waals surface area contributed by atoms with Crippen molar-refractivity contribution in [3.8, 4) is 5.75 Å². The quantitative estimate of drug-likeness (QED) is 0.865. The van der Waals surface area contributed by atoms with Crippen LogP contribution < -0.4 is 10.1 Å². The fourth-order valence-electron chi connectivity index (χ4n) is 2.49. The first-order valence-electron chi connectivity index (χ1n) is 7.57. The highest BCUT2D eigenvalue weighted by molar-refractivity contribution is 6.32. The van der Waals surface area contributed by atoms with Gasteiger partial charge in [0.2, 0.25) is 0 Å². The second kappa shape index (κ2) is 8.25. The molecule has 2 amide bonds. The number of rotatable bonds is 6. The molecule has 122 valence electrons. The first-order chi connectivity index (χ1) is 10.6. The van der Waals surface area contributed by atoms with Gasteiger partial charge in [-0.25, -0.2) is 4.79 Å². The summed E-state index contributed by atoms with van der Waals surface area (Å²) in [6.07, 6.45) is 4.61. The summed E-state index contributed by atoms with van der Waals surface area (Å²) in [6.45, 7) is 1.58. The fourth-order valence-corrected chi connectivity index (χ4v) is 2.75. The number of halogens is 1. The summed E-state index contributed by atoms with van der Waals surface area (Å²) in [5.74, 6) is 0.588. The number of benzene rings is 1. The Hall–Kier alpha value is -1.46. The molecule has 6 heteroatoms. The van der Waals surface area contributed by atoms with Crippen LogP contribution in [-0.2, 0) is 4.74 Å². The second-order valence-corrected chi connectivity index (χ2v) is 5.89. The van der Waals surface area contributed by atoms with Crippen molar-refractivity contribution in [1.82, 2.24) is 4.90 Å². The van der Waals surface area contributed by atoms with Crippen molar-refractivity contribution in [3.63, 3.8) is 0 Å². The number of carbonyl (C=O) groups is 1. The van der Waals surface area contributed by atoms with Crippen molar-refractivity contribution in [1.29, 1.82) is 0 Å². The Morgan fingerprint density at radius 3 is 3.00 bits per heavy atom. The predicted octanol–water partition coefficient (Wildman–Crippen LogP) is 3.77. The van der Waals surface area contributed by atoms with Crippen LogP contribution in [0.25, 0.3) is 0 Å². The normalized spacial score (nSPS) is 17.3. The molecule has 0 bridgehead atoms. The van der Waals surface area contributed by atoms with Gasteiger partial charge in [0.25, 0.3) is 0 Å². The molecule has 5 nitrogen and oxygen atoms in total. The molecule has 1 heterocycles. The van der Waals surface area contributed by atoms with Gasteiger partial charge in [0.05, 0.1) is 18.2 Å². The lowest BCUT2D eigenvalue weighted by atomic mass is 10.1. The average Bonchev–Trinajstić information content (AvgIpc) is 3.00. The van der Waals surface area contributed by atoms with Crippen LogP contribution in [0.3, 0.4) is 0 Å². The Labute approximate surface area is 136 Å². The first kappa shape index (κ1) is 16.9. The maximum atomic E-state index is 12.1. The zero-order valence-electron chi connectivity index (χ0n) is 13.1. The van der Waals surface area contributed by atoms with Crippen LogP contribution >= 0.6 is 11.6 Å². The van der Waals surface area contributed by atoms with E-state index in [9.17, 15) is 4.79 Å². The van der Waals surface area contributed by atoms with E-state index >= 15 is 0 Å². The van der Waals surface area contributed by atoms with Crippen LogP contribution in [0.4, 0.5) is 10.5 Å². The van der Waals surface area contributed by atoms with E-state index in [1.807, 2.05) is 0 Å². The second-order valence-electron chi connectivity index (χ2n) is 5.48. The molecule has 0 aliphatic carbocycles. The Morgan fingerprint density at radius 2 is 2.36 bits per heavy atom. The van der Waals surface area contributed by atoms with E-state index in [1.165, 1.54) is 0 Å². The van der Waals surface area contributed by atoms with Gasteiger partial charge >= 0.3 is 6.03 Å². The van der Waals surface area contributed by atoms with Gasteiger partial charge in [-0.3, -0.25) is 0 Å². The fraction of sp³-hybridized carbons (Fsp3) is 0.562. The third-order valence-electron chi connectivity index (χ3n) is 3.79. The highest BCUT2D eigenvalue weighted by Crippen LogP contribution is 2.27. The van der Waals surface area contributed by atoms with E-state index in [0.29, 0.717) is 29.1 Å². The number of nitrogens with one attached hydrogen (secondary N) is 1. The molecule has 1 fully saturated rings. The number of ether oxygens (including phenoxy) is 2. The van der Waals surface area contributed by atoms with E-state index in [0.717, 1.165) is 32.3 Å². The van der Waals surface area contributed by atoms with Gasteiger partial charge in [-0.2, -0.15) is 0 Å². The van der Waals surface area contributed by atoms with Crippen molar-refractivity contribution in [2.75, 3.05) is 32.6 Å². The number of urea groups is 1. The highest BCUT2D eigenvalue weighted by atomic mass is 35.5. The number of hydrogen-bond acceptors (Lipinski definition) is 3. The third kappa shape index (κ3) is 4.78. The summed E-state index contributed by atoms with van der Waals surface area (Å²) in [5, 5.41) is 3.30. The summed E-state index contributed by atoms with van der Waals surface area (Å²) >= 11 is 6.05. The number of hydrogen-bond donors (Lipinski definition) is 1. The van der Waals surface area contributed by atoms with Crippen LogP contribution in [0.1, 0.15) is 25.7 Å². The van der Waals surface area contributed by atoms with E-state index in [2.05, 4.69) is 5.32 Å². The average molecular weight is 327 g/mol. The number of methoxy groups -OCH3 is 1. The molecular formula is C16H23ClN2O3. The zero-order valence-corrected chi connectivity index (χ0v) is 13.9. The van der Waals surface area contributed by atoms with Crippen molar-refractivity contribution < 1.29 is 14.3 Å². The molecule has 1 aromatic rings. The Bertz CT molecular complexity index is 504. The first-order valence-corrected chi connectivity index (χ1v) is 7.95. The minimum atomic E-state index is -0.145. The molecule has 0 aromatic heterocycles. The minimum Gasteiger partial charge on any atom is -0.495 e.